The van der Waals surface area contributed by atoms with Crippen molar-refractivity contribution in [1.29, 1.82) is 0 Å². The van der Waals surface area contributed by atoms with Crippen LogP contribution in [0.15, 0.2) is 24.3 Å². The lowest BCUT2D eigenvalue weighted by atomic mass is 10.3. The minimum absolute atomic E-state index is 0.209. The smallest absolute Gasteiger partial charge is 0.406 e. The molecule has 0 heterocycles. The number of halogens is 3. The molecule has 0 radical (unpaired) electrons. The number of ether oxygens (including phenoxy) is 1. The number of benzene rings is 1. The molecule has 0 saturated carbocycles. The van der Waals surface area contributed by atoms with E-state index in [1.54, 1.807) is 0 Å². The molecule has 0 saturated heterocycles. The number of hydrogen-bond acceptors (Lipinski definition) is 2. The number of carbonyl (C=O) groups excluding carboxylic acids is 1. The molecule has 0 aliphatic carbocycles. The molecule has 16 heavy (non-hydrogen) atoms. The third-order valence-electron chi connectivity index (χ3n) is 1.55. The first-order chi connectivity index (χ1) is 7.40. The summed E-state index contributed by atoms with van der Waals surface area (Å²) in [5, 5.41) is 4.59. The molecule has 4 nitrogen and oxygen atoms in total. The highest BCUT2D eigenvalue weighted by atomic mass is 19.4. The van der Waals surface area contributed by atoms with Gasteiger partial charge in [-0.25, -0.2) is 4.79 Å². The van der Waals surface area contributed by atoms with E-state index in [2.05, 4.69) is 15.4 Å². The van der Waals surface area contributed by atoms with Crippen molar-refractivity contribution in [1.82, 2.24) is 5.32 Å². The highest BCUT2D eigenvalue weighted by Crippen LogP contribution is 2.24. The molecule has 1 aromatic rings. The molecule has 0 aromatic heterocycles. The van der Waals surface area contributed by atoms with E-state index in [9.17, 15) is 18.0 Å². The van der Waals surface area contributed by atoms with Gasteiger partial charge in [0.1, 0.15) is 5.75 Å². The average Bonchev–Trinajstić information content (AvgIpc) is 2.15. The second-order valence-corrected chi connectivity index (χ2v) is 2.78. The van der Waals surface area contributed by atoms with Crippen LogP contribution >= 0.6 is 0 Å². The van der Waals surface area contributed by atoms with Gasteiger partial charge in [-0.2, -0.15) is 0 Å². The molecule has 88 valence electrons. The Morgan fingerprint density at radius 3 is 2.62 bits per heavy atom. The van der Waals surface area contributed by atoms with E-state index in [1.807, 2.05) is 0 Å². The van der Waals surface area contributed by atoms with Crippen LogP contribution in [-0.4, -0.2) is 19.4 Å². The number of urea groups is 1. The third-order valence-corrected chi connectivity index (χ3v) is 1.55. The molecule has 0 unspecified atom stereocenters. The summed E-state index contributed by atoms with van der Waals surface area (Å²) in [6, 6.07) is 4.47. The van der Waals surface area contributed by atoms with E-state index in [1.165, 1.54) is 19.2 Å². The Bertz CT molecular complexity index is 379. The molecule has 0 aliphatic heterocycles. The number of alkyl halides is 3. The zero-order valence-corrected chi connectivity index (χ0v) is 8.26. The summed E-state index contributed by atoms with van der Waals surface area (Å²) in [5.41, 5.74) is 0.209. The van der Waals surface area contributed by atoms with E-state index in [4.69, 9.17) is 0 Å². The topological polar surface area (TPSA) is 50.4 Å². The Labute approximate surface area is 89.4 Å². The van der Waals surface area contributed by atoms with E-state index in [0.717, 1.165) is 12.1 Å². The zero-order chi connectivity index (χ0) is 12.2. The number of carbonyl (C=O) groups is 1. The summed E-state index contributed by atoms with van der Waals surface area (Å²) in [7, 11) is 1.39. The molecular weight excluding hydrogens is 225 g/mol. The highest BCUT2D eigenvalue weighted by Gasteiger charge is 2.31. The van der Waals surface area contributed by atoms with Crippen LogP contribution < -0.4 is 15.4 Å². The predicted octanol–water partition coefficient (Wildman–Crippen LogP) is 2.34. The SMILES string of the molecule is CNC(=O)Nc1cccc(OC(F)(F)F)c1. The number of nitrogens with one attached hydrogen (secondary N) is 2. The van der Waals surface area contributed by atoms with Gasteiger partial charge in [-0.05, 0) is 12.1 Å². The second-order valence-electron chi connectivity index (χ2n) is 2.78. The van der Waals surface area contributed by atoms with Crippen molar-refractivity contribution < 1.29 is 22.7 Å². The van der Waals surface area contributed by atoms with Crippen molar-refractivity contribution in [2.75, 3.05) is 12.4 Å². The zero-order valence-electron chi connectivity index (χ0n) is 8.26. The van der Waals surface area contributed by atoms with Gasteiger partial charge in [0.2, 0.25) is 0 Å². The van der Waals surface area contributed by atoms with Crippen molar-refractivity contribution >= 4 is 11.7 Å². The molecule has 1 rings (SSSR count). The second kappa shape index (κ2) is 4.73. The van der Waals surface area contributed by atoms with E-state index in [0.29, 0.717) is 0 Å². The van der Waals surface area contributed by atoms with Crippen LogP contribution in [0.3, 0.4) is 0 Å². The summed E-state index contributed by atoms with van der Waals surface area (Å²) in [5.74, 6) is -0.388. The van der Waals surface area contributed by atoms with Gasteiger partial charge in [-0.3, -0.25) is 0 Å². The summed E-state index contributed by atoms with van der Waals surface area (Å²) in [4.78, 5) is 10.9. The summed E-state index contributed by atoms with van der Waals surface area (Å²) in [6.07, 6.45) is -4.74. The summed E-state index contributed by atoms with van der Waals surface area (Å²) in [6.45, 7) is 0. The maximum atomic E-state index is 11.9. The Hall–Kier alpha value is -1.92. The van der Waals surface area contributed by atoms with E-state index in [-0.39, 0.29) is 11.4 Å². The van der Waals surface area contributed by atoms with Gasteiger partial charge in [0.05, 0.1) is 0 Å². The fourth-order valence-electron chi connectivity index (χ4n) is 0.965. The molecular formula is C9H9F3N2O2. The van der Waals surface area contributed by atoms with Gasteiger partial charge in [0.15, 0.2) is 0 Å². The van der Waals surface area contributed by atoms with Gasteiger partial charge in [-0.15, -0.1) is 13.2 Å². The third kappa shape index (κ3) is 4.07. The van der Waals surface area contributed by atoms with Gasteiger partial charge in [0, 0.05) is 18.8 Å². The van der Waals surface area contributed by atoms with E-state index < -0.39 is 12.4 Å². The standard InChI is InChI=1S/C9H9F3N2O2/c1-13-8(15)14-6-3-2-4-7(5-6)16-9(10,11)12/h2-5H,1H3,(H2,13,14,15). The van der Waals surface area contributed by atoms with Gasteiger partial charge >= 0.3 is 12.4 Å². The number of anilines is 1. The molecule has 0 bridgehead atoms. The van der Waals surface area contributed by atoms with Crippen molar-refractivity contribution in [3.63, 3.8) is 0 Å². The van der Waals surface area contributed by atoms with Crippen LogP contribution in [0.25, 0.3) is 0 Å². The molecule has 0 fully saturated rings. The van der Waals surface area contributed by atoms with Gasteiger partial charge in [-0.1, -0.05) is 6.07 Å². The Balaban J connectivity index is 2.75. The monoisotopic (exact) mass is 234 g/mol. The maximum Gasteiger partial charge on any atom is 0.573 e. The first-order valence-electron chi connectivity index (χ1n) is 4.25. The van der Waals surface area contributed by atoms with Crippen LogP contribution in [-0.2, 0) is 0 Å². The van der Waals surface area contributed by atoms with Crippen LogP contribution in [0.4, 0.5) is 23.7 Å². The Morgan fingerprint density at radius 1 is 1.38 bits per heavy atom. The molecule has 2 amide bonds. The Kier molecular flexibility index (Phi) is 3.60. The fourth-order valence-corrected chi connectivity index (χ4v) is 0.965. The van der Waals surface area contributed by atoms with Crippen molar-refractivity contribution in [3.05, 3.63) is 24.3 Å². The van der Waals surface area contributed by atoms with Gasteiger partial charge in [0.25, 0.3) is 0 Å². The molecule has 0 atom stereocenters. The molecule has 2 N–H and O–H groups in total. The quantitative estimate of drug-likeness (QED) is 0.825. The van der Waals surface area contributed by atoms with Crippen molar-refractivity contribution in [2.45, 2.75) is 6.36 Å². The predicted molar refractivity (Wildman–Crippen MR) is 51.2 cm³/mol. The number of amides is 2. The molecule has 1 aromatic carbocycles. The fraction of sp³-hybridized carbons (Fsp3) is 0.222. The average molecular weight is 234 g/mol. The maximum absolute atomic E-state index is 11.9. The van der Waals surface area contributed by atoms with E-state index >= 15 is 0 Å². The minimum Gasteiger partial charge on any atom is -0.406 e. The molecule has 0 aliphatic rings. The lowest BCUT2D eigenvalue weighted by Crippen LogP contribution is -2.24. The lowest BCUT2D eigenvalue weighted by Gasteiger charge is -2.10. The van der Waals surface area contributed by atoms with Crippen LogP contribution in [0.2, 0.25) is 0 Å². The first kappa shape index (κ1) is 12.2. The largest absolute Gasteiger partial charge is 0.573 e. The highest BCUT2D eigenvalue weighted by molar-refractivity contribution is 5.89. The number of rotatable bonds is 2. The Morgan fingerprint density at radius 2 is 2.06 bits per heavy atom. The first-order valence-corrected chi connectivity index (χ1v) is 4.25. The normalized spacial score (nSPS) is 10.8. The van der Waals surface area contributed by atoms with Crippen LogP contribution in [0.1, 0.15) is 0 Å². The van der Waals surface area contributed by atoms with Crippen LogP contribution in [0, 0.1) is 0 Å². The van der Waals surface area contributed by atoms with Crippen molar-refractivity contribution in [3.8, 4) is 5.75 Å². The number of hydrogen-bond donors (Lipinski definition) is 2. The minimum atomic E-state index is -4.74. The lowest BCUT2D eigenvalue weighted by molar-refractivity contribution is -0.274. The molecule has 0 spiro atoms. The summed E-state index contributed by atoms with van der Waals surface area (Å²) < 4.78 is 39.3. The van der Waals surface area contributed by atoms with Crippen molar-refractivity contribution in [2.24, 2.45) is 0 Å². The van der Waals surface area contributed by atoms with Crippen LogP contribution in [0.5, 0.6) is 5.75 Å². The molecule has 7 heteroatoms. The summed E-state index contributed by atoms with van der Waals surface area (Å²) >= 11 is 0. The van der Waals surface area contributed by atoms with Gasteiger partial charge < -0.3 is 15.4 Å².